The molecule has 2 heterocycles. The van der Waals surface area contributed by atoms with E-state index in [1.54, 1.807) is 29.2 Å². The number of hydrogen-bond acceptors (Lipinski definition) is 5. The molecule has 0 atom stereocenters. The van der Waals surface area contributed by atoms with Crippen molar-refractivity contribution in [2.75, 3.05) is 25.0 Å². The number of rotatable bonds is 5. The molecule has 1 aromatic carbocycles. The highest BCUT2D eigenvalue weighted by molar-refractivity contribution is 5.88. The van der Waals surface area contributed by atoms with Crippen molar-refractivity contribution in [3.63, 3.8) is 0 Å². The number of pyridine rings is 1. The Balaban J connectivity index is 0.000000442. The lowest BCUT2D eigenvalue weighted by Crippen LogP contribution is -2.10. The summed E-state index contributed by atoms with van der Waals surface area (Å²) in [6.45, 7) is 8.51. The summed E-state index contributed by atoms with van der Waals surface area (Å²) in [5.74, 6) is -0.325. The molecule has 2 aromatic rings. The van der Waals surface area contributed by atoms with Crippen LogP contribution in [0.5, 0.6) is 0 Å². The predicted molar refractivity (Wildman–Crippen MR) is 118 cm³/mol. The molecule has 1 aliphatic rings. The van der Waals surface area contributed by atoms with Gasteiger partial charge in [0.1, 0.15) is 5.82 Å². The van der Waals surface area contributed by atoms with E-state index >= 15 is 0 Å². The number of anilines is 2. The molecule has 0 aliphatic carbocycles. The fourth-order valence-corrected chi connectivity index (χ4v) is 2.69. The first kappa shape index (κ1) is 24.0. The SMILES string of the molecule is C/C=C\N(c1ccc(C(=O)O)cc1)c1ccc(C=O)cn1.CC.CN1CCCC1. The molecule has 156 valence electrons. The molecule has 1 N–H and O–H groups in total. The Labute approximate surface area is 173 Å². The molecule has 6 heteroatoms. The van der Waals surface area contributed by atoms with E-state index < -0.39 is 5.97 Å². The van der Waals surface area contributed by atoms with E-state index in [0.717, 1.165) is 12.0 Å². The standard InChI is InChI=1S/C16H14N2O3.C5H11N.C2H6/c1-2-9-18(15-8-3-12(11-19)10-17-15)14-6-4-13(5-7-14)16(20)21;1-6-4-2-3-5-6;1-2/h2-11H,1H3,(H,20,21);2-5H2,1H3;1-2H3/b9-2-;;. The topological polar surface area (TPSA) is 73.7 Å². The molecule has 0 spiro atoms. The predicted octanol–water partition coefficient (Wildman–Crippen LogP) is 5.00. The third kappa shape index (κ3) is 7.87. The van der Waals surface area contributed by atoms with Gasteiger partial charge >= 0.3 is 5.97 Å². The average Bonchev–Trinajstić information content (AvgIpc) is 3.25. The van der Waals surface area contributed by atoms with Gasteiger partial charge in [0, 0.05) is 23.6 Å². The maximum Gasteiger partial charge on any atom is 0.335 e. The van der Waals surface area contributed by atoms with E-state index in [1.807, 2.05) is 33.0 Å². The maximum atomic E-state index is 10.9. The maximum absolute atomic E-state index is 10.9. The highest BCUT2D eigenvalue weighted by Crippen LogP contribution is 2.24. The highest BCUT2D eigenvalue weighted by Gasteiger charge is 2.09. The van der Waals surface area contributed by atoms with Gasteiger partial charge in [-0.25, -0.2) is 9.78 Å². The lowest BCUT2D eigenvalue weighted by Gasteiger charge is -2.19. The molecular weight excluding hydrogens is 366 g/mol. The molecule has 1 aromatic heterocycles. The zero-order valence-electron chi connectivity index (χ0n) is 17.7. The van der Waals surface area contributed by atoms with E-state index in [1.165, 1.54) is 44.3 Å². The first-order valence-electron chi connectivity index (χ1n) is 9.90. The van der Waals surface area contributed by atoms with E-state index in [2.05, 4.69) is 16.9 Å². The largest absolute Gasteiger partial charge is 0.478 e. The number of carboxylic acid groups (broad SMARTS) is 1. The van der Waals surface area contributed by atoms with E-state index in [0.29, 0.717) is 11.4 Å². The van der Waals surface area contributed by atoms with Crippen molar-refractivity contribution in [2.45, 2.75) is 33.6 Å². The van der Waals surface area contributed by atoms with Crippen LogP contribution in [0.1, 0.15) is 54.3 Å². The molecule has 29 heavy (non-hydrogen) atoms. The number of aldehydes is 1. The number of hydrogen-bond donors (Lipinski definition) is 1. The van der Waals surface area contributed by atoms with E-state index in [-0.39, 0.29) is 5.56 Å². The molecule has 0 saturated carbocycles. The molecule has 0 radical (unpaired) electrons. The van der Waals surface area contributed by atoms with Crippen molar-refractivity contribution >= 4 is 23.8 Å². The van der Waals surface area contributed by atoms with Gasteiger partial charge in [-0.05, 0) is 76.3 Å². The molecular formula is C23H31N3O3. The number of likely N-dealkylation sites (tertiary alicyclic amines) is 1. The lowest BCUT2D eigenvalue weighted by molar-refractivity contribution is 0.0696. The molecule has 0 unspecified atom stereocenters. The summed E-state index contributed by atoms with van der Waals surface area (Å²) in [6, 6.07) is 9.89. The first-order valence-corrected chi connectivity index (χ1v) is 9.90. The number of aromatic carboxylic acids is 1. The average molecular weight is 398 g/mol. The van der Waals surface area contributed by atoms with Crippen LogP contribution in [-0.2, 0) is 0 Å². The summed E-state index contributed by atoms with van der Waals surface area (Å²) < 4.78 is 0. The quantitative estimate of drug-likeness (QED) is 0.716. The Hall–Kier alpha value is -2.99. The van der Waals surface area contributed by atoms with Gasteiger partial charge in [0.2, 0.25) is 0 Å². The zero-order chi connectivity index (χ0) is 21.6. The molecule has 0 amide bonds. The van der Waals surface area contributed by atoms with Gasteiger partial charge in [-0.1, -0.05) is 19.9 Å². The molecule has 3 rings (SSSR count). The Morgan fingerprint density at radius 3 is 2.10 bits per heavy atom. The Morgan fingerprint density at radius 1 is 1.10 bits per heavy atom. The van der Waals surface area contributed by atoms with Gasteiger partial charge in [0.25, 0.3) is 0 Å². The summed E-state index contributed by atoms with van der Waals surface area (Å²) in [5.41, 5.74) is 1.51. The monoisotopic (exact) mass is 397 g/mol. The fraction of sp³-hybridized carbons (Fsp3) is 0.348. The molecule has 6 nitrogen and oxygen atoms in total. The second kappa shape index (κ2) is 13.2. The van der Waals surface area contributed by atoms with Gasteiger partial charge in [0.15, 0.2) is 6.29 Å². The number of carbonyl (C=O) groups excluding carboxylic acids is 1. The minimum Gasteiger partial charge on any atom is -0.478 e. The van der Waals surface area contributed by atoms with Crippen LogP contribution in [0.25, 0.3) is 0 Å². The minimum absolute atomic E-state index is 0.225. The Bertz CT molecular complexity index is 765. The second-order valence-electron chi connectivity index (χ2n) is 6.28. The van der Waals surface area contributed by atoms with Crippen molar-refractivity contribution in [1.29, 1.82) is 0 Å². The second-order valence-corrected chi connectivity index (χ2v) is 6.28. The normalized spacial score (nSPS) is 13.1. The molecule has 1 fully saturated rings. The van der Waals surface area contributed by atoms with Gasteiger partial charge < -0.3 is 14.9 Å². The van der Waals surface area contributed by atoms with E-state index in [4.69, 9.17) is 5.11 Å². The van der Waals surface area contributed by atoms with Crippen LogP contribution < -0.4 is 4.90 Å². The van der Waals surface area contributed by atoms with Gasteiger partial charge in [-0.2, -0.15) is 0 Å². The molecule has 1 saturated heterocycles. The smallest absolute Gasteiger partial charge is 0.335 e. The number of carboxylic acids is 1. The number of aromatic nitrogens is 1. The number of benzene rings is 1. The van der Waals surface area contributed by atoms with Crippen molar-refractivity contribution in [3.05, 3.63) is 66.0 Å². The van der Waals surface area contributed by atoms with Crippen molar-refractivity contribution in [3.8, 4) is 0 Å². The van der Waals surface area contributed by atoms with Crippen molar-refractivity contribution in [2.24, 2.45) is 0 Å². The van der Waals surface area contributed by atoms with Crippen LogP contribution in [0.15, 0.2) is 54.9 Å². The van der Waals surface area contributed by atoms with E-state index in [9.17, 15) is 9.59 Å². The minimum atomic E-state index is -0.965. The number of carbonyl (C=O) groups is 2. The molecule has 1 aliphatic heterocycles. The van der Waals surface area contributed by atoms with Crippen molar-refractivity contribution in [1.82, 2.24) is 9.88 Å². The highest BCUT2D eigenvalue weighted by atomic mass is 16.4. The van der Waals surface area contributed by atoms with Crippen LogP contribution in [-0.4, -0.2) is 47.4 Å². The van der Waals surface area contributed by atoms with Gasteiger partial charge in [-0.3, -0.25) is 4.79 Å². The Kier molecular flexibility index (Phi) is 11.0. The van der Waals surface area contributed by atoms with Crippen LogP contribution in [0.2, 0.25) is 0 Å². The summed E-state index contributed by atoms with van der Waals surface area (Å²) in [5, 5.41) is 8.92. The summed E-state index contributed by atoms with van der Waals surface area (Å²) >= 11 is 0. The Morgan fingerprint density at radius 2 is 1.72 bits per heavy atom. The zero-order valence-corrected chi connectivity index (χ0v) is 17.7. The van der Waals surface area contributed by atoms with Crippen molar-refractivity contribution < 1.29 is 14.7 Å². The lowest BCUT2D eigenvalue weighted by atomic mass is 10.2. The van der Waals surface area contributed by atoms with Crippen LogP contribution in [0.3, 0.4) is 0 Å². The summed E-state index contributed by atoms with van der Waals surface area (Å²) in [6.07, 6.45) is 8.72. The third-order valence-corrected chi connectivity index (χ3v) is 4.17. The summed E-state index contributed by atoms with van der Waals surface area (Å²) in [4.78, 5) is 29.9. The van der Waals surface area contributed by atoms with Crippen LogP contribution >= 0.6 is 0 Å². The first-order chi connectivity index (χ1) is 14.0. The fourth-order valence-electron chi connectivity index (χ4n) is 2.69. The number of allylic oxidation sites excluding steroid dienone is 1. The van der Waals surface area contributed by atoms with Crippen LogP contribution in [0.4, 0.5) is 11.5 Å². The summed E-state index contributed by atoms with van der Waals surface area (Å²) in [7, 11) is 2.17. The van der Waals surface area contributed by atoms with Crippen LogP contribution in [0, 0.1) is 0 Å². The van der Waals surface area contributed by atoms with Gasteiger partial charge in [-0.15, -0.1) is 0 Å². The van der Waals surface area contributed by atoms with Gasteiger partial charge in [0.05, 0.1) is 5.56 Å². The molecule has 0 bridgehead atoms. The number of nitrogens with zero attached hydrogens (tertiary/aromatic N) is 3. The third-order valence-electron chi connectivity index (χ3n) is 4.17.